The van der Waals surface area contributed by atoms with E-state index in [1.807, 2.05) is 19.1 Å². The Balaban J connectivity index is 2.75. The third kappa shape index (κ3) is 3.32. The molecule has 0 aromatic heterocycles. The lowest BCUT2D eigenvalue weighted by atomic mass is 10.1. The SMILES string of the molecule is COC(=O)c1ccccc1CNC(C)CO. The Labute approximate surface area is 95.2 Å². The van der Waals surface area contributed by atoms with Gasteiger partial charge in [-0.15, -0.1) is 0 Å². The Morgan fingerprint density at radius 3 is 2.81 bits per heavy atom. The van der Waals surface area contributed by atoms with Gasteiger partial charge in [0, 0.05) is 12.6 Å². The Morgan fingerprint density at radius 2 is 2.19 bits per heavy atom. The van der Waals surface area contributed by atoms with E-state index in [0.717, 1.165) is 5.56 Å². The molecule has 0 bridgehead atoms. The highest BCUT2D eigenvalue weighted by atomic mass is 16.5. The molecule has 1 rings (SSSR count). The number of aliphatic hydroxyl groups is 1. The number of methoxy groups -OCH3 is 1. The molecule has 2 N–H and O–H groups in total. The molecule has 1 atom stereocenters. The molecule has 0 saturated carbocycles. The molecule has 0 spiro atoms. The number of nitrogens with one attached hydrogen (secondary N) is 1. The van der Waals surface area contributed by atoms with Crippen molar-refractivity contribution < 1.29 is 14.6 Å². The first-order chi connectivity index (χ1) is 7.69. The van der Waals surface area contributed by atoms with Crippen LogP contribution >= 0.6 is 0 Å². The summed E-state index contributed by atoms with van der Waals surface area (Å²) in [5, 5.41) is 12.0. The van der Waals surface area contributed by atoms with E-state index in [9.17, 15) is 4.79 Å². The summed E-state index contributed by atoms with van der Waals surface area (Å²) in [6.45, 7) is 2.48. The lowest BCUT2D eigenvalue weighted by Crippen LogP contribution is -2.29. The minimum absolute atomic E-state index is 0.00528. The molecule has 0 fully saturated rings. The second kappa shape index (κ2) is 6.25. The molecule has 0 aliphatic heterocycles. The zero-order chi connectivity index (χ0) is 12.0. The maximum Gasteiger partial charge on any atom is 0.338 e. The predicted octanol–water partition coefficient (Wildman–Crippen LogP) is 0.944. The monoisotopic (exact) mass is 223 g/mol. The number of rotatable bonds is 5. The van der Waals surface area contributed by atoms with Crippen molar-refractivity contribution in [3.8, 4) is 0 Å². The van der Waals surface area contributed by atoms with Crippen LogP contribution < -0.4 is 5.32 Å². The zero-order valence-corrected chi connectivity index (χ0v) is 9.56. The standard InChI is InChI=1S/C12H17NO3/c1-9(8-14)13-7-10-5-3-4-6-11(10)12(15)16-2/h3-6,9,13-14H,7-8H2,1-2H3. The van der Waals surface area contributed by atoms with Gasteiger partial charge in [0.1, 0.15) is 0 Å². The normalized spacial score (nSPS) is 12.2. The lowest BCUT2D eigenvalue weighted by Gasteiger charge is -2.12. The van der Waals surface area contributed by atoms with Crippen molar-refractivity contribution in [1.82, 2.24) is 5.32 Å². The fraction of sp³-hybridized carbons (Fsp3) is 0.417. The summed E-state index contributed by atoms with van der Waals surface area (Å²) < 4.78 is 4.69. The van der Waals surface area contributed by atoms with Gasteiger partial charge >= 0.3 is 5.97 Å². The fourth-order valence-corrected chi connectivity index (χ4v) is 1.33. The third-order valence-corrected chi connectivity index (χ3v) is 2.34. The van der Waals surface area contributed by atoms with Crippen LogP contribution in [0.4, 0.5) is 0 Å². The van der Waals surface area contributed by atoms with Crippen molar-refractivity contribution >= 4 is 5.97 Å². The quantitative estimate of drug-likeness (QED) is 0.729. The Hall–Kier alpha value is -1.39. The van der Waals surface area contributed by atoms with Gasteiger partial charge in [0.2, 0.25) is 0 Å². The average Bonchev–Trinajstić information content (AvgIpc) is 2.35. The van der Waals surface area contributed by atoms with Crippen LogP contribution in [0.15, 0.2) is 24.3 Å². The van der Waals surface area contributed by atoms with Crippen LogP contribution in [0.3, 0.4) is 0 Å². The zero-order valence-electron chi connectivity index (χ0n) is 9.56. The number of benzene rings is 1. The van der Waals surface area contributed by atoms with E-state index >= 15 is 0 Å². The largest absolute Gasteiger partial charge is 0.465 e. The highest BCUT2D eigenvalue weighted by Crippen LogP contribution is 2.09. The van der Waals surface area contributed by atoms with Crippen molar-refractivity contribution in [3.05, 3.63) is 35.4 Å². The van der Waals surface area contributed by atoms with E-state index in [4.69, 9.17) is 9.84 Å². The summed E-state index contributed by atoms with van der Waals surface area (Å²) in [7, 11) is 1.36. The van der Waals surface area contributed by atoms with Crippen LogP contribution in [-0.2, 0) is 11.3 Å². The Kier molecular flexibility index (Phi) is 4.95. The van der Waals surface area contributed by atoms with Crippen LogP contribution in [0.25, 0.3) is 0 Å². The van der Waals surface area contributed by atoms with Crippen LogP contribution in [-0.4, -0.2) is 30.8 Å². The molecule has 4 nitrogen and oxygen atoms in total. The number of hydrogen-bond acceptors (Lipinski definition) is 4. The van der Waals surface area contributed by atoms with Gasteiger partial charge in [0.25, 0.3) is 0 Å². The van der Waals surface area contributed by atoms with Crippen molar-refractivity contribution in [1.29, 1.82) is 0 Å². The first-order valence-electron chi connectivity index (χ1n) is 5.19. The number of carbonyl (C=O) groups is 1. The first kappa shape index (κ1) is 12.7. The minimum atomic E-state index is -0.339. The number of esters is 1. The van der Waals surface area contributed by atoms with Gasteiger partial charge in [0.05, 0.1) is 19.3 Å². The van der Waals surface area contributed by atoms with Crippen molar-refractivity contribution in [2.75, 3.05) is 13.7 Å². The van der Waals surface area contributed by atoms with Crippen molar-refractivity contribution in [3.63, 3.8) is 0 Å². The van der Waals surface area contributed by atoms with Crippen molar-refractivity contribution in [2.45, 2.75) is 19.5 Å². The van der Waals surface area contributed by atoms with E-state index in [0.29, 0.717) is 12.1 Å². The molecule has 0 aliphatic carbocycles. The smallest absolute Gasteiger partial charge is 0.338 e. The molecule has 88 valence electrons. The maximum absolute atomic E-state index is 11.4. The van der Waals surface area contributed by atoms with E-state index in [2.05, 4.69) is 5.32 Å². The number of carbonyl (C=O) groups excluding carboxylic acids is 1. The fourth-order valence-electron chi connectivity index (χ4n) is 1.33. The second-order valence-electron chi connectivity index (χ2n) is 3.61. The Morgan fingerprint density at radius 1 is 1.50 bits per heavy atom. The summed E-state index contributed by atoms with van der Waals surface area (Å²) in [4.78, 5) is 11.4. The van der Waals surface area contributed by atoms with Gasteiger partial charge in [-0.3, -0.25) is 0 Å². The van der Waals surface area contributed by atoms with Gasteiger partial charge < -0.3 is 15.2 Å². The summed E-state index contributed by atoms with van der Waals surface area (Å²) in [6.07, 6.45) is 0. The molecule has 0 amide bonds. The number of aliphatic hydroxyl groups excluding tert-OH is 1. The van der Waals surface area contributed by atoms with Gasteiger partial charge in [-0.2, -0.15) is 0 Å². The maximum atomic E-state index is 11.4. The highest BCUT2D eigenvalue weighted by molar-refractivity contribution is 5.90. The number of ether oxygens (including phenoxy) is 1. The Bertz CT molecular complexity index is 352. The molecule has 0 saturated heterocycles. The van der Waals surface area contributed by atoms with E-state index < -0.39 is 0 Å². The van der Waals surface area contributed by atoms with Crippen molar-refractivity contribution in [2.24, 2.45) is 0 Å². The van der Waals surface area contributed by atoms with Crippen LogP contribution in [0.5, 0.6) is 0 Å². The topological polar surface area (TPSA) is 58.6 Å². The van der Waals surface area contributed by atoms with Gasteiger partial charge in [-0.05, 0) is 18.6 Å². The molecule has 1 aromatic carbocycles. The lowest BCUT2D eigenvalue weighted by molar-refractivity contribution is 0.0599. The molecular formula is C12H17NO3. The van der Waals surface area contributed by atoms with Crippen LogP contribution in [0.1, 0.15) is 22.8 Å². The van der Waals surface area contributed by atoms with Gasteiger partial charge in [-0.1, -0.05) is 18.2 Å². The first-order valence-corrected chi connectivity index (χ1v) is 5.19. The third-order valence-electron chi connectivity index (χ3n) is 2.34. The highest BCUT2D eigenvalue weighted by Gasteiger charge is 2.10. The molecule has 16 heavy (non-hydrogen) atoms. The molecule has 0 heterocycles. The number of hydrogen-bond donors (Lipinski definition) is 2. The average molecular weight is 223 g/mol. The summed E-state index contributed by atoms with van der Waals surface area (Å²) in [5.74, 6) is -0.339. The summed E-state index contributed by atoms with van der Waals surface area (Å²) >= 11 is 0. The molecule has 1 aromatic rings. The minimum Gasteiger partial charge on any atom is -0.465 e. The van der Waals surface area contributed by atoms with E-state index in [-0.39, 0.29) is 18.6 Å². The van der Waals surface area contributed by atoms with Crippen LogP contribution in [0.2, 0.25) is 0 Å². The van der Waals surface area contributed by atoms with E-state index in [1.54, 1.807) is 12.1 Å². The summed E-state index contributed by atoms with van der Waals surface area (Å²) in [6, 6.07) is 7.26. The van der Waals surface area contributed by atoms with E-state index in [1.165, 1.54) is 7.11 Å². The molecule has 0 aliphatic rings. The van der Waals surface area contributed by atoms with Crippen LogP contribution in [0, 0.1) is 0 Å². The molecule has 1 unspecified atom stereocenters. The molecular weight excluding hydrogens is 206 g/mol. The molecule has 4 heteroatoms. The van der Waals surface area contributed by atoms with Gasteiger partial charge in [-0.25, -0.2) is 4.79 Å². The predicted molar refractivity (Wildman–Crippen MR) is 61.2 cm³/mol. The molecule has 0 radical (unpaired) electrons. The summed E-state index contributed by atoms with van der Waals surface area (Å²) in [5.41, 5.74) is 1.43. The van der Waals surface area contributed by atoms with Gasteiger partial charge in [0.15, 0.2) is 0 Å². The second-order valence-corrected chi connectivity index (χ2v) is 3.61.